The lowest BCUT2D eigenvalue weighted by molar-refractivity contribution is -0.123. The number of allylic oxidation sites excluding steroid dienone is 1. The summed E-state index contributed by atoms with van der Waals surface area (Å²) in [5.74, 6) is -0.795. The fourth-order valence-electron chi connectivity index (χ4n) is 4.71. The number of imide groups is 1. The van der Waals surface area contributed by atoms with Crippen molar-refractivity contribution in [2.24, 2.45) is 11.7 Å². The molecule has 192 valence electrons. The molecule has 11 heteroatoms. The molecule has 0 radical (unpaired) electrons. The Morgan fingerprint density at radius 1 is 1.26 bits per heavy atom. The molecular weight excluding hydrogens is 444 g/mol. The first-order valence-electron chi connectivity index (χ1n) is 11.8. The summed E-state index contributed by atoms with van der Waals surface area (Å²) in [4.78, 5) is 37.5. The minimum Gasteiger partial charge on any atom is -0.443 e. The third-order valence-electron chi connectivity index (χ3n) is 6.62. The third kappa shape index (κ3) is 6.98. The van der Waals surface area contributed by atoms with E-state index >= 15 is 0 Å². The van der Waals surface area contributed by atoms with Crippen molar-refractivity contribution in [3.8, 4) is 0 Å². The second kappa shape index (κ2) is 11.6. The van der Waals surface area contributed by atoms with Gasteiger partial charge >= 0.3 is 6.09 Å². The molecule has 34 heavy (non-hydrogen) atoms. The number of epoxide rings is 2. The molecule has 2 aliphatic heterocycles. The zero-order valence-electron chi connectivity index (χ0n) is 20.5. The van der Waals surface area contributed by atoms with Gasteiger partial charge in [0.15, 0.2) is 0 Å². The van der Waals surface area contributed by atoms with Gasteiger partial charge in [0, 0.05) is 26.1 Å². The average Bonchev–Trinajstić information content (AvgIpc) is 3.70. The standard InChI is InChI=1S/C23H38N4O7/c1-14(2)5-6-15-21(33-15)19-20(31-4)16(7-8-23(19)13-32-23)34-22(30)26-18(29)12-27(3)10-9-25-17(28)11-24/h5,15-16,19-21H,6-13,24H2,1-4H3,(H,25,28)(H,26,29,30)/t15-,16?,19?,20?,21?,23?/m1/s1. The number of alkyl carbamates (subject to hydrolysis) is 1. The number of nitrogens with zero attached hydrogens (tertiary/aromatic N) is 1. The SMILES string of the molecule is COC1C(OC(=O)NC(=O)CN(C)CCNC(=O)CN)CCC2(CO2)C1C1O[C@@H]1CC=C(C)C. The zero-order valence-corrected chi connectivity index (χ0v) is 20.5. The highest BCUT2D eigenvalue weighted by molar-refractivity contribution is 5.92. The molecule has 3 fully saturated rings. The molecule has 3 rings (SSSR count). The molecule has 2 saturated heterocycles. The van der Waals surface area contributed by atoms with Crippen LogP contribution in [0.25, 0.3) is 0 Å². The normalized spacial score (nSPS) is 31.6. The first kappa shape index (κ1) is 26.6. The number of nitrogens with one attached hydrogen (secondary N) is 2. The highest BCUT2D eigenvalue weighted by Gasteiger charge is 2.66. The number of carbonyl (C=O) groups excluding carboxylic acids is 3. The van der Waals surface area contributed by atoms with E-state index in [9.17, 15) is 14.4 Å². The van der Waals surface area contributed by atoms with Crippen molar-refractivity contribution in [1.29, 1.82) is 0 Å². The van der Waals surface area contributed by atoms with Gasteiger partial charge in [-0.2, -0.15) is 0 Å². The minimum absolute atomic E-state index is 0.00689. The number of amides is 3. The lowest BCUT2D eigenvalue weighted by Gasteiger charge is -2.39. The van der Waals surface area contributed by atoms with Gasteiger partial charge in [-0.15, -0.1) is 0 Å². The van der Waals surface area contributed by atoms with E-state index < -0.39 is 18.1 Å². The van der Waals surface area contributed by atoms with Crippen molar-refractivity contribution in [3.05, 3.63) is 11.6 Å². The summed E-state index contributed by atoms with van der Waals surface area (Å²) in [7, 11) is 3.31. The van der Waals surface area contributed by atoms with Gasteiger partial charge in [0.25, 0.3) is 0 Å². The van der Waals surface area contributed by atoms with Crippen molar-refractivity contribution < 1.29 is 33.3 Å². The molecule has 4 N–H and O–H groups in total. The number of rotatable bonds is 11. The summed E-state index contributed by atoms with van der Waals surface area (Å²) < 4.78 is 23.2. The Bertz CT molecular complexity index is 781. The molecule has 3 amide bonds. The molecule has 0 aromatic carbocycles. The lowest BCUT2D eigenvalue weighted by atomic mass is 9.73. The van der Waals surface area contributed by atoms with E-state index in [2.05, 4.69) is 30.6 Å². The van der Waals surface area contributed by atoms with Gasteiger partial charge in [-0.1, -0.05) is 11.6 Å². The molecular formula is C23H38N4O7. The Morgan fingerprint density at radius 2 is 2.00 bits per heavy atom. The third-order valence-corrected chi connectivity index (χ3v) is 6.62. The number of hydrogen-bond acceptors (Lipinski definition) is 9. The maximum absolute atomic E-state index is 12.4. The van der Waals surface area contributed by atoms with E-state index in [4.69, 9.17) is 24.7 Å². The van der Waals surface area contributed by atoms with Crippen LogP contribution in [0.3, 0.4) is 0 Å². The molecule has 0 bridgehead atoms. The Hall–Kier alpha value is -2.05. The van der Waals surface area contributed by atoms with E-state index in [0.29, 0.717) is 26.1 Å². The average molecular weight is 483 g/mol. The number of nitrogens with two attached hydrogens (primary N) is 1. The molecule has 0 aromatic heterocycles. The molecule has 0 aromatic rings. The first-order chi connectivity index (χ1) is 16.2. The predicted molar refractivity (Wildman–Crippen MR) is 123 cm³/mol. The minimum atomic E-state index is -0.800. The van der Waals surface area contributed by atoms with Crippen LogP contribution in [0.15, 0.2) is 11.6 Å². The summed E-state index contributed by atoms with van der Waals surface area (Å²) in [6, 6.07) is 0. The maximum atomic E-state index is 12.4. The van der Waals surface area contributed by atoms with Crippen LogP contribution >= 0.6 is 0 Å². The van der Waals surface area contributed by atoms with Crippen LogP contribution in [0.1, 0.15) is 33.1 Å². The highest BCUT2D eigenvalue weighted by Crippen LogP contribution is 2.54. The van der Waals surface area contributed by atoms with Gasteiger partial charge in [0.2, 0.25) is 11.8 Å². The number of likely N-dealkylation sites (N-methyl/N-ethyl adjacent to an activating group) is 1. The maximum Gasteiger partial charge on any atom is 0.414 e. The smallest absolute Gasteiger partial charge is 0.414 e. The fraction of sp³-hybridized carbons (Fsp3) is 0.783. The van der Waals surface area contributed by atoms with Gasteiger partial charge in [-0.25, -0.2) is 4.79 Å². The van der Waals surface area contributed by atoms with Crippen LogP contribution in [0.5, 0.6) is 0 Å². The molecule has 6 atom stereocenters. The van der Waals surface area contributed by atoms with Crippen molar-refractivity contribution in [2.75, 3.05) is 46.9 Å². The van der Waals surface area contributed by atoms with E-state index in [0.717, 1.165) is 12.8 Å². The van der Waals surface area contributed by atoms with Gasteiger partial charge in [-0.05, 0) is 40.2 Å². The van der Waals surface area contributed by atoms with E-state index in [1.165, 1.54) is 5.57 Å². The molecule has 11 nitrogen and oxygen atoms in total. The van der Waals surface area contributed by atoms with E-state index in [-0.39, 0.29) is 48.8 Å². The second-order valence-corrected chi connectivity index (χ2v) is 9.56. The lowest BCUT2D eigenvalue weighted by Crippen LogP contribution is -2.53. The highest BCUT2D eigenvalue weighted by atomic mass is 16.6. The quantitative estimate of drug-likeness (QED) is 0.272. The number of ether oxygens (including phenoxy) is 4. The Labute approximate surface area is 200 Å². The van der Waals surface area contributed by atoms with Crippen molar-refractivity contribution in [3.63, 3.8) is 0 Å². The summed E-state index contributed by atoms with van der Waals surface area (Å²) in [5.41, 5.74) is 6.20. The van der Waals surface area contributed by atoms with Crippen LogP contribution in [0.2, 0.25) is 0 Å². The first-order valence-corrected chi connectivity index (χ1v) is 11.8. The van der Waals surface area contributed by atoms with Crippen LogP contribution in [0.4, 0.5) is 4.79 Å². The predicted octanol–water partition coefficient (Wildman–Crippen LogP) is -0.0678. The van der Waals surface area contributed by atoms with Crippen LogP contribution in [0, 0.1) is 5.92 Å². The number of hydrogen-bond donors (Lipinski definition) is 3. The van der Waals surface area contributed by atoms with Gasteiger partial charge in [0.05, 0.1) is 37.5 Å². The van der Waals surface area contributed by atoms with Crippen LogP contribution in [-0.2, 0) is 28.5 Å². The summed E-state index contributed by atoms with van der Waals surface area (Å²) in [5, 5.41) is 4.90. The Balaban J connectivity index is 1.48. The van der Waals surface area contributed by atoms with Crippen molar-refractivity contribution in [2.45, 2.75) is 63.1 Å². The molecule has 3 aliphatic rings. The zero-order chi connectivity index (χ0) is 24.9. The Morgan fingerprint density at radius 3 is 2.62 bits per heavy atom. The monoisotopic (exact) mass is 482 g/mol. The van der Waals surface area contributed by atoms with Crippen LogP contribution < -0.4 is 16.4 Å². The van der Waals surface area contributed by atoms with E-state index in [1.54, 1.807) is 19.1 Å². The largest absolute Gasteiger partial charge is 0.443 e. The molecule has 1 spiro atoms. The Kier molecular flexibility index (Phi) is 9.05. The van der Waals surface area contributed by atoms with Gasteiger partial charge in [0.1, 0.15) is 12.2 Å². The topological polar surface area (TPSA) is 148 Å². The molecule has 5 unspecified atom stereocenters. The number of methoxy groups -OCH3 is 1. The summed E-state index contributed by atoms with van der Waals surface area (Å²) in [6.45, 7) is 5.45. The molecule has 1 saturated carbocycles. The molecule has 1 aliphatic carbocycles. The fourth-order valence-corrected chi connectivity index (χ4v) is 4.71. The number of carbonyl (C=O) groups is 3. The van der Waals surface area contributed by atoms with Crippen molar-refractivity contribution >= 4 is 17.9 Å². The molecule has 2 heterocycles. The van der Waals surface area contributed by atoms with Gasteiger partial charge in [-0.3, -0.25) is 19.8 Å². The van der Waals surface area contributed by atoms with Crippen LogP contribution in [-0.4, -0.2) is 99.8 Å². The summed E-state index contributed by atoms with van der Waals surface area (Å²) >= 11 is 0. The van der Waals surface area contributed by atoms with Crippen molar-refractivity contribution in [1.82, 2.24) is 15.5 Å². The second-order valence-electron chi connectivity index (χ2n) is 9.56. The van der Waals surface area contributed by atoms with Gasteiger partial charge < -0.3 is 30.0 Å². The van der Waals surface area contributed by atoms with E-state index in [1.807, 2.05) is 0 Å². The summed E-state index contributed by atoms with van der Waals surface area (Å²) in [6.07, 6.45) is 2.74.